The van der Waals surface area contributed by atoms with Crippen LogP contribution in [0.3, 0.4) is 0 Å². The molecule has 0 unspecified atom stereocenters. The van der Waals surface area contributed by atoms with Crippen molar-refractivity contribution >= 4 is 43.7 Å². The highest BCUT2D eigenvalue weighted by Gasteiger charge is 2.16. The Hall–Kier alpha value is -6.20. The van der Waals surface area contributed by atoms with Gasteiger partial charge in [-0.25, -0.2) is 15.0 Å². The van der Waals surface area contributed by atoms with Crippen molar-refractivity contribution in [2.75, 3.05) is 0 Å². The number of rotatable bonds is 4. The van der Waals surface area contributed by atoms with Gasteiger partial charge < -0.3 is 4.42 Å². The third kappa shape index (κ3) is 4.33. The first-order chi connectivity index (χ1) is 22.3. The number of aromatic nitrogens is 4. The van der Waals surface area contributed by atoms with Gasteiger partial charge >= 0.3 is 0 Å². The monoisotopic (exact) mass is 576 g/mol. The van der Waals surface area contributed by atoms with Crippen LogP contribution in [0.25, 0.3) is 88.9 Å². The fourth-order valence-electron chi connectivity index (χ4n) is 6.09. The van der Waals surface area contributed by atoms with Crippen molar-refractivity contribution in [3.63, 3.8) is 0 Å². The van der Waals surface area contributed by atoms with Gasteiger partial charge in [-0.2, -0.15) is 0 Å². The lowest BCUT2D eigenvalue weighted by molar-refractivity contribution is 0.623. The molecule has 6 aromatic carbocycles. The summed E-state index contributed by atoms with van der Waals surface area (Å²) >= 11 is 0. The molecule has 0 fully saturated rings. The number of para-hydroxylation sites is 2. The third-order valence-corrected chi connectivity index (χ3v) is 8.33. The standard InChI is InChI=1S/C40H24N4O/c1-3-9-27(10-4-1)37-38(43-34-14-8-7-13-33(34)42-37)30-20-21-32(41-24-30)29-18-16-25-15-17-26-19-22-35-39(36(26)31(25)23-29)45-40(44-35)28-11-5-2-6-12-28/h1-24H. The van der Waals surface area contributed by atoms with E-state index in [9.17, 15) is 0 Å². The van der Waals surface area contributed by atoms with Crippen molar-refractivity contribution in [1.29, 1.82) is 0 Å². The molecule has 0 saturated heterocycles. The smallest absolute Gasteiger partial charge is 0.227 e. The van der Waals surface area contributed by atoms with Crippen LogP contribution in [-0.2, 0) is 0 Å². The molecule has 5 heteroatoms. The number of pyridine rings is 1. The molecule has 9 rings (SSSR count). The lowest BCUT2D eigenvalue weighted by Gasteiger charge is -2.11. The molecule has 45 heavy (non-hydrogen) atoms. The predicted octanol–water partition coefficient (Wildman–Crippen LogP) is 10.1. The summed E-state index contributed by atoms with van der Waals surface area (Å²) in [7, 11) is 0. The van der Waals surface area contributed by atoms with Crippen LogP contribution in [0.1, 0.15) is 0 Å². The Morgan fingerprint density at radius 2 is 1.07 bits per heavy atom. The van der Waals surface area contributed by atoms with E-state index in [4.69, 9.17) is 24.4 Å². The first-order valence-electron chi connectivity index (χ1n) is 14.9. The topological polar surface area (TPSA) is 64.7 Å². The van der Waals surface area contributed by atoms with Crippen LogP contribution in [0, 0.1) is 0 Å². The number of benzene rings is 6. The van der Waals surface area contributed by atoms with Gasteiger partial charge in [0.25, 0.3) is 0 Å². The van der Waals surface area contributed by atoms with Crippen LogP contribution >= 0.6 is 0 Å². The van der Waals surface area contributed by atoms with Gasteiger partial charge in [0.05, 0.1) is 28.1 Å². The van der Waals surface area contributed by atoms with Gasteiger partial charge in [-0.1, -0.05) is 91.0 Å². The molecule has 0 aliphatic rings. The highest BCUT2D eigenvalue weighted by Crippen LogP contribution is 2.37. The number of oxazole rings is 1. The van der Waals surface area contributed by atoms with Gasteiger partial charge in [0.15, 0.2) is 5.58 Å². The molecule has 0 radical (unpaired) electrons. The Kier molecular flexibility index (Phi) is 5.74. The van der Waals surface area contributed by atoms with Crippen LogP contribution in [0.4, 0.5) is 0 Å². The fourth-order valence-corrected chi connectivity index (χ4v) is 6.09. The van der Waals surface area contributed by atoms with Crippen molar-refractivity contribution < 1.29 is 4.42 Å². The second-order valence-corrected chi connectivity index (χ2v) is 11.1. The minimum atomic E-state index is 0.621. The molecule has 5 nitrogen and oxygen atoms in total. The third-order valence-electron chi connectivity index (χ3n) is 8.33. The molecule has 0 atom stereocenters. The van der Waals surface area contributed by atoms with Gasteiger partial charge in [-0.05, 0) is 64.7 Å². The maximum absolute atomic E-state index is 6.42. The van der Waals surface area contributed by atoms with E-state index in [0.29, 0.717) is 5.89 Å². The fraction of sp³-hybridized carbons (Fsp3) is 0. The van der Waals surface area contributed by atoms with Gasteiger partial charge in [0, 0.05) is 33.8 Å². The zero-order chi connectivity index (χ0) is 29.7. The molecule has 0 spiro atoms. The second-order valence-electron chi connectivity index (χ2n) is 11.1. The van der Waals surface area contributed by atoms with E-state index >= 15 is 0 Å². The quantitative estimate of drug-likeness (QED) is 0.195. The van der Waals surface area contributed by atoms with E-state index in [0.717, 1.165) is 83.0 Å². The molecule has 0 saturated carbocycles. The van der Waals surface area contributed by atoms with Crippen molar-refractivity contribution in [3.05, 3.63) is 146 Å². The van der Waals surface area contributed by atoms with Crippen molar-refractivity contribution in [2.24, 2.45) is 0 Å². The SMILES string of the molecule is c1ccc(-c2nc3ccc4ccc5ccc(-c6ccc(-c7nc8ccccc8nc7-c7ccccc7)cn6)cc5c4c3o2)cc1. The molecular weight excluding hydrogens is 552 g/mol. The molecule has 210 valence electrons. The van der Waals surface area contributed by atoms with Crippen LogP contribution in [0.2, 0.25) is 0 Å². The zero-order valence-electron chi connectivity index (χ0n) is 24.1. The summed E-state index contributed by atoms with van der Waals surface area (Å²) in [5, 5.41) is 4.39. The Balaban J connectivity index is 1.17. The average Bonchev–Trinajstić information content (AvgIpc) is 3.56. The molecule has 3 aromatic heterocycles. The number of hydrogen-bond acceptors (Lipinski definition) is 5. The lowest BCUT2D eigenvalue weighted by atomic mass is 9.98. The summed E-state index contributed by atoms with van der Waals surface area (Å²) in [5.41, 5.74) is 9.79. The maximum atomic E-state index is 6.42. The number of nitrogens with zero attached hydrogens (tertiary/aromatic N) is 4. The molecule has 3 heterocycles. The van der Waals surface area contributed by atoms with Gasteiger partial charge in [-0.15, -0.1) is 0 Å². The van der Waals surface area contributed by atoms with Crippen LogP contribution < -0.4 is 0 Å². The summed E-state index contributed by atoms with van der Waals surface area (Å²) in [5.74, 6) is 0.621. The molecular formula is C40H24N4O. The highest BCUT2D eigenvalue weighted by atomic mass is 16.3. The predicted molar refractivity (Wildman–Crippen MR) is 182 cm³/mol. The zero-order valence-corrected chi connectivity index (χ0v) is 24.1. The van der Waals surface area contributed by atoms with Gasteiger partial charge in [0.2, 0.25) is 5.89 Å². The summed E-state index contributed by atoms with van der Waals surface area (Å²) in [6.45, 7) is 0. The van der Waals surface area contributed by atoms with E-state index in [2.05, 4.69) is 60.7 Å². The van der Waals surface area contributed by atoms with Crippen molar-refractivity contribution in [3.8, 4) is 45.2 Å². The highest BCUT2D eigenvalue weighted by molar-refractivity contribution is 6.18. The minimum Gasteiger partial charge on any atom is -0.435 e. The largest absolute Gasteiger partial charge is 0.435 e. The Morgan fingerprint density at radius 1 is 0.444 bits per heavy atom. The van der Waals surface area contributed by atoms with E-state index in [1.807, 2.05) is 85.1 Å². The lowest BCUT2D eigenvalue weighted by Crippen LogP contribution is -1.96. The summed E-state index contributed by atoms with van der Waals surface area (Å²) in [6, 6.07) is 47.3. The maximum Gasteiger partial charge on any atom is 0.227 e. The van der Waals surface area contributed by atoms with E-state index < -0.39 is 0 Å². The molecule has 0 aliphatic heterocycles. The summed E-state index contributed by atoms with van der Waals surface area (Å²) in [4.78, 5) is 19.8. The van der Waals surface area contributed by atoms with Gasteiger partial charge in [-0.3, -0.25) is 4.98 Å². The molecule has 0 aliphatic carbocycles. The minimum absolute atomic E-state index is 0.621. The average molecular weight is 577 g/mol. The van der Waals surface area contributed by atoms with Crippen LogP contribution in [-0.4, -0.2) is 19.9 Å². The number of hydrogen-bond donors (Lipinski definition) is 0. The van der Waals surface area contributed by atoms with Crippen molar-refractivity contribution in [2.45, 2.75) is 0 Å². The molecule has 0 bridgehead atoms. The molecule has 9 aromatic rings. The van der Waals surface area contributed by atoms with Crippen LogP contribution in [0.5, 0.6) is 0 Å². The Labute approximate surface area is 258 Å². The van der Waals surface area contributed by atoms with Gasteiger partial charge in [0.1, 0.15) is 5.52 Å². The normalized spacial score (nSPS) is 11.6. The van der Waals surface area contributed by atoms with E-state index in [1.54, 1.807) is 0 Å². The molecule has 0 N–H and O–H groups in total. The Bertz CT molecular complexity index is 2520. The first-order valence-corrected chi connectivity index (χ1v) is 14.9. The van der Waals surface area contributed by atoms with Crippen LogP contribution in [0.15, 0.2) is 150 Å². The second kappa shape index (κ2) is 10.2. The Morgan fingerprint density at radius 3 is 1.80 bits per heavy atom. The first kappa shape index (κ1) is 25.3. The number of fused-ring (bicyclic) bond motifs is 6. The van der Waals surface area contributed by atoms with Crippen molar-refractivity contribution in [1.82, 2.24) is 19.9 Å². The van der Waals surface area contributed by atoms with E-state index in [-0.39, 0.29) is 0 Å². The van der Waals surface area contributed by atoms with E-state index in [1.165, 1.54) is 0 Å². The molecule has 0 amide bonds. The summed E-state index contributed by atoms with van der Waals surface area (Å²) < 4.78 is 6.42. The summed E-state index contributed by atoms with van der Waals surface area (Å²) in [6.07, 6.45) is 1.90.